The predicted octanol–water partition coefficient (Wildman–Crippen LogP) is 21.4. The standard InChI is InChI=1S/2C21H15ClIN7.2C16H12BrClN2.C5H4IN5.2CH4/c1-11-5-4-8-14-17(11)28-15(18(27-14)12-6-2-3-7-13(12)22)9-30-21-16(19(23)29-30)20(24)25-10-26-21;1-11-5-4-8-14-17(11)28-18(12-6-2-3-7-13(12)22)15(27-14)9-30-21-16(19(23)29-30)20(24)25-10-26-21;1-10-5-4-8-13-15(10)20-14(9-17)16(19-13)11-6-2-3-7-12(11)18;1-10-5-4-8-13-15(10)20-16(14(9-17)19-13)11-6-2-3-7-12(11)18;6-3-2-4(7)8-1-9-5(2)11-10-3;;/h2*2-8,10H,9H2,1H3,(H2,24,25,26);2*2-8H,9H2,1H3;1H,(H3,7,8,9,10,11);2*1H4. The van der Waals surface area contributed by atoms with Gasteiger partial charge >= 0.3 is 0 Å². The number of fused-ring (bicyclic) bond motifs is 7. The number of nitrogens with zero attached hydrogens (tertiary/aromatic N) is 19. The molecule has 0 atom stereocenters. The molecule has 0 radical (unpaired) electrons. The van der Waals surface area contributed by atoms with Gasteiger partial charge in [0.1, 0.15) is 47.5 Å². The second-order valence-corrected chi connectivity index (χ2v) is 30.7. The number of alkyl halides is 2. The van der Waals surface area contributed by atoms with Crippen molar-refractivity contribution >= 4 is 241 Å². The van der Waals surface area contributed by atoms with E-state index in [-0.39, 0.29) is 14.9 Å². The van der Waals surface area contributed by atoms with Gasteiger partial charge in [0, 0.05) is 32.9 Å². The van der Waals surface area contributed by atoms with Gasteiger partial charge in [-0.2, -0.15) is 15.3 Å². The lowest BCUT2D eigenvalue weighted by atomic mass is 10.1. The van der Waals surface area contributed by atoms with E-state index in [0.29, 0.717) is 78.2 Å². The summed E-state index contributed by atoms with van der Waals surface area (Å²) in [6.07, 6.45) is 4.28. The van der Waals surface area contributed by atoms with Crippen LogP contribution in [0.2, 0.25) is 20.1 Å². The number of H-pyrrole nitrogens is 1. The van der Waals surface area contributed by atoms with E-state index >= 15 is 0 Å². The number of nitrogen functional groups attached to an aromatic ring is 3. The fourth-order valence-electron chi connectivity index (χ4n) is 12.2. The van der Waals surface area contributed by atoms with E-state index in [9.17, 15) is 0 Å². The number of halogens is 9. The molecule has 0 saturated heterocycles. The summed E-state index contributed by atoms with van der Waals surface area (Å²) in [4.78, 5) is 63.5. The summed E-state index contributed by atoms with van der Waals surface area (Å²) in [6, 6.07) is 54.7. The van der Waals surface area contributed by atoms with Crippen LogP contribution in [-0.2, 0) is 23.7 Å². The van der Waals surface area contributed by atoms with Gasteiger partial charge in [0.15, 0.2) is 16.9 Å². The minimum atomic E-state index is 0. The number of rotatable bonds is 10. The first-order valence-corrected chi connectivity index (χ1v) is 40.8. The van der Waals surface area contributed by atoms with Crippen LogP contribution in [0.15, 0.2) is 189 Å². The average Bonchev–Trinajstić information content (AvgIpc) is 1.76. The summed E-state index contributed by atoms with van der Waals surface area (Å²) in [5.74, 6) is 1.28. The van der Waals surface area contributed by atoms with Crippen molar-refractivity contribution in [3.05, 3.63) is 265 Å². The Morgan fingerprint density at radius 3 is 1.06 bits per heavy atom. The predicted molar refractivity (Wildman–Crippen MR) is 490 cm³/mol. The largest absolute Gasteiger partial charge is 0.383 e. The molecule has 32 heteroatoms. The Hall–Kier alpha value is -9.52. The van der Waals surface area contributed by atoms with Gasteiger partial charge in [-0.25, -0.2) is 79.1 Å². The Kier molecular flexibility index (Phi) is 27.0. The third-order valence-corrected chi connectivity index (χ3v) is 22.3. The van der Waals surface area contributed by atoms with Crippen LogP contribution in [0.3, 0.4) is 0 Å². The molecule has 23 nitrogen and oxygen atoms in total. The van der Waals surface area contributed by atoms with Gasteiger partial charge in [-0.1, -0.05) is 214 Å². The Morgan fingerprint density at radius 1 is 0.363 bits per heavy atom. The second-order valence-electron chi connectivity index (χ2n) is 24.8. The van der Waals surface area contributed by atoms with Crippen molar-refractivity contribution in [2.24, 2.45) is 0 Å². The summed E-state index contributed by atoms with van der Waals surface area (Å²) in [7, 11) is 0. The first-order valence-electron chi connectivity index (χ1n) is 33.8. The molecule has 113 heavy (non-hydrogen) atoms. The van der Waals surface area contributed by atoms with Gasteiger partial charge < -0.3 is 17.2 Å². The van der Waals surface area contributed by atoms with Crippen LogP contribution < -0.4 is 17.2 Å². The van der Waals surface area contributed by atoms with E-state index in [0.717, 1.165) is 161 Å². The summed E-state index contributed by atoms with van der Waals surface area (Å²) < 4.78 is 5.91. The zero-order valence-electron chi connectivity index (χ0n) is 58.9. The molecule has 7 N–H and O–H groups in total. The zero-order chi connectivity index (χ0) is 77.7. The van der Waals surface area contributed by atoms with Crippen LogP contribution in [0.5, 0.6) is 0 Å². The fraction of sp³-hybridized carbons (Fsp3) is 0.123. The van der Waals surface area contributed by atoms with E-state index in [1.165, 1.54) is 19.0 Å². The van der Waals surface area contributed by atoms with E-state index in [2.05, 4.69) is 150 Å². The van der Waals surface area contributed by atoms with Crippen LogP contribution in [-0.4, -0.2) is 99.5 Å². The smallest absolute Gasteiger partial charge is 0.187 e. The molecule has 0 aliphatic carbocycles. The number of nitrogens with two attached hydrogens (primary N) is 3. The lowest BCUT2D eigenvalue weighted by molar-refractivity contribution is 0.684. The third-order valence-electron chi connectivity index (χ3n) is 17.6. The second kappa shape index (κ2) is 36.7. The van der Waals surface area contributed by atoms with Crippen LogP contribution in [0.1, 0.15) is 59.9 Å². The summed E-state index contributed by atoms with van der Waals surface area (Å²) >= 11 is 39.0. The SMILES string of the molecule is C.C.Cc1cccc2nc(-c3ccccc3Cl)c(CBr)nc12.Cc1cccc2nc(-c3ccccc3Cl)c(Cn3nc(I)c4c(N)ncnc43)nc12.Cc1cccc2nc(CBr)c(-c3ccccc3Cl)nc12.Cc1cccc2nc(Cn3nc(I)c4c(N)ncnc43)c(-c3ccccc3Cl)nc12.Nc1ncnc2n[nH]c(I)c12. The van der Waals surface area contributed by atoms with Crippen molar-refractivity contribution in [2.45, 2.75) is 66.3 Å². The monoisotopic (exact) mass is 2040 g/mol. The van der Waals surface area contributed by atoms with Crippen molar-refractivity contribution in [2.75, 3.05) is 17.2 Å². The molecule has 18 aromatic rings. The number of aromatic nitrogens is 20. The molecule has 568 valence electrons. The maximum Gasteiger partial charge on any atom is 0.187 e. The molecule has 0 spiro atoms. The number of hydrogen-bond donors (Lipinski definition) is 4. The highest BCUT2D eigenvalue weighted by Gasteiger charge is 2.23. The minimum absolute atomic E-state index is 0. The number of nitrogens with one attached hydrogen (secondary N) is 1. The van der Waals surface area contributed by atoms with Crippen molar-refractivity contribution in [3.8, 4) is 45.0 Å². The number of hydrogen-bond acceptors (Lipinski definition) is 20. The quantitative estimate of drug-likeness (QED) is 0.0730. The molecular weight excluding hydrogens is 1980 g/mol. The Bertz CT molecular complexity index is 6590. The molecule has 0 amide bonds. The molecule has 10 aromatic heterocycles. The molecule has 8 aromatic carbocycles. The average molecular weight is 2040 g/mol. The summed E-state index contributed by atoms with van der Waals surface area (Å²) in [5.41, 5.74) is 40.9. The third kappa shape index (κ3) is 17.7. The molecular formula is C81H66Br2Cl4I3N23. The fourth-order valence-corrected chi connectivity index (χ4v) is 16.1. The van der Waals surface area contributed by atoms with E-state index in [1.807, 2.05) is 198 Å². The highest BCUT2D eigenvalue weighted by atomic mass is 127. The van der Waals surface area contributed by atoms with Gasteiger partial charge in [-0.3, -0.25) is 5.10 Å². The molecule has 0 bridgehead atoms. The van der Waals surface area contributed by atoms with Gasteiger partial charge in [0.05, 0.1) is 139 Å². The number of benzene rings is 8. The highest BCUT2D eigenvalue weighted by Crippen LogP contribution is 2.37. The minimum Gasteiger partial charge on any atom is -0.383 e. The van der Waals surface area contributed by atoms with Crippen LogP contribution >= 0.6 is 146 Å². The summed E-state index contributed by atoms with van der Waals surface area (Å²) in [5, 5.41) is 22.1. The number of aromatic amines is 1. The number of para-hydroxylation sites is 4. The number of aryl methyl sites for hydroxylation is 4. The molecule has 18 rings (SSSR count). The van der Waals surface area contributed by atoms with E-state index < -0.39 is 0 Å². The van der Waals surface area contributed by atoms with Crippen LogP contribution in [0.25, 0.3) is 122 Å². The highest BCUT2D eigenvalue weighted by molar-refractivity contribution is 14.1. The molecule has 0 aliphatic rings. The lowest BCUT2D eigenvalue weighted by Gasteiger charge is -2.13. The lowest BCUT2D eigenvalue weighted by Crippen LogP contribution is -2.09. The Labute approximate surface area is 726 Å². The first kappa shape index (κ1) is 82.9. The van der Waals surface area contributed by atoms with Crippen LogP contribution in [0, 0.1) is 38.8 Å². The van der Waals surface area contributed by atoms with Crippen molar-refractivity contribution in [1.29, 1.82) is 0 Å². The molecule has 10 heterocycles. The molecule has 0 saturated carbocycles. The molecule has 0 fully saturated rings. The van der Waals surface area contributed by atoms with E-state index in [4.69, 9.17) is 103 Å². The Morgan fingerprint density at radius 2 is 0.673 bits per heavy atom. The van der Waals surface area contributed by atoms with Crippen molar-refractivity contribution < 1.29 is 0 Å². The molecule has 0 aliphatic heterocycles. The summed E-state index contributed by atoms with van der Waals surface area (Å²) in [6.45, 7) is 8.87. The van der Waals surface area contributed by atoms with Gasteiger partial charge in [0.25, 0.3) is 0 Å². The van der Waals surface area contributed by atoms with Gasteiger partial charge in [-0.15, -0.1) is 0 Å². The maximum absolute atomic E-state index is 6.52. The molecule has 0 unspecified atom stereocenters. The van der Waals surface area contributed by atoms with Crippen molar-refractivity contribution in [1.82, 2.24) is 99.5 Å². The van der Waals surface area contributed by atoms with Gasteiger partial charge in [-0.05, 0) is 166 Å². The topological polar surface area (TPSA) is 323 Å². The van der Waals surface area contributed by atoms with E-state index in [1.54, 1.807) is 9.36 Å². The normalized spacial score (nSPS) is 11.0. The van der Waals surface area contributed by atoms with Crippen LogP contribution in [0.4, 0.5) is 17.5 Å². The maximum atomic E-state index is 6.52. The zero-order valence-corrected chi connectivity index (χ0v) is 71.5. The van der Waals surface area contributed by atoms with Crippen molar-refractivity contribution in [3.63, 3.8) is 0 Å². The van der Waals surface area contributed by atoms with Gasteiger partial charge in [0.2, 0.25) is 0 Å². The first-order chi connectivity index (χ1) is 53.7. The Balaban J connectivity index is 0.000000134. The number of anilines is 3.